The molecule has 2 bridgehead atoms. The average molecular weight is 393 g/mol. The molecule has 5 heterocycles. The molecule has 0 aromatic carbocycles. The van der Waals surface area contributed by atoms with Crippen LogP contribution in [0, 0.1) is 6.92 Å². The van der Waals surface area contributed by atoms with Crippen molar-refractivity contribution in [3.8, 4) is 0 Å². The lowest BCUT2D eigenvalue weighted by atomic mass is 10.0. The van der Waals surface area contributed by atoms with Crippen LogP contribution in [0.2, 0.25) is 0 Å². The molecule has 0 spiro atoms. The first-order valence-corrected chi connectivity index (χ1v) is 9.24. The van der Waals surface area contributed by atoms with Crippen LogP contribution in [-0.4, -0.2) is 75.1 Å². The van der Waals surface area contributed by atoms with Gasteiger partial charge in [0.1, 0.15) is 11.9 Å². The van der Waals surface area contributed by atoms with Crippen molar-refractivity contribution in [2.24, 2.45) is 4.99 Å². The Labute approximate surface area is 165 Å². The van der Waals surface area contributed by atoms with Crippen LogP contribution in [0.15, 0.2) is 41.1 Å². The standard InChI is InChI=1S/C19H19N7O3/c1-10-3-4-12-15(20-10)23-24-16(12)22-19(28)26-11-7-8-25(9-11)14-6-5-13(18(27)29-2)21-17(14)26/h3-7,14,17H,8-9H2,1-2H3,(H2,20,22,23,24,28). The van der Waals surface area contributed by atoms with Crippen LogP contribution in [0.25, 0.3) is 11.0 Å². The molecule has 3 aliphatic rings. The van der Waals surface area contributed by atoms with Crippen molar-refractivity contribution in [3.05, 3.63) is 41.8 Å². The summed E-state index contributed by atoms with van der Waals surface area (Å²) in [5, 5.41) is 10.6. The zero-order valence-corrected chi connectivity index (χ0v) is 15.9. The number of piperazine rings is 1. The molecular weight excluding hydrogens is 374 g/mol. The second kappa shape index (κ2) is 6.52. The molecule has 10 nitrogen and oxygen atoms in total. The van der Waals surface area contributed by atoms with Crippen molar-refractivity contribution < 1.29 is 14.3 Å². The van der Waals surface area contributed by atoms with E-state index < -0.39 is 12.1 Å². The van der Waals surface area contributed by atoms with Gasteiger partial charge in [-0.3, -0.25) is 25.2 Å². The number of amides is 2. The van der Waals surface area contributed by atoms with Crippen molar-refractivity contribution in [3.63, 3.8) is 0 Å². The summed E-state index contributed by atoms with van der Waals surface area (Å²) < 4.78 is 4.79. The zero-order valence-electron chi connectivity index (χ0n) is 15.9. The van der Waals surface area contributed by atoms with Gasteiger partial charge in [0.25, 0.3) is 0 Å². The molecule has 0 radical (unpaired) electrons. The highest BCUT2D eigenvalue weighted by atomic mass is 16.5. The molecular formula is C19H19N7O3. The highest BCUT2D eigenvalue weighted by molar-refractivity contribution is 6.41. The molecule has 3 aliphatic heterocycles. The molecule has 2 aromatic heterocycles. The van der Waals surface area contributed by atoms with E-state index in [2.05, 4.69) is 30.4 Å². The van der Waals surface area contributed by atoms with Gasteiger partial charge in [0.15, 0.2) is 11.5 Å². The van der Waals surface area contributed by atoms with E-state index in [0.29, 0.717) is 18.0 Å². The maximum absolute atomic E-state index is 13.2. The summed E-state index contributed by atoms with van der Waals surface area (Å²) in [5.74, 6) is -0.125. The number of aryl methyl sites for hydroxylation is 1. The number of aliphatic imine (C=N–C) groups is 1. The molecule has 0 aliphatic carbocycles. The number of hydrogen-bond donors (Lipinski definition) is 2. The summed E-state index contributed by atoms with van der Waals surface area (Å²) in [7, 11) is 1.31. The van der Waals surface area contributed by atoms with Crippen molar-refractivity contribution in [2.75, 3.05) is 25.5 Å². The number of carbonyl (C=O) groups excluding carboxylic acids is 2. The highest BCUT2D eigenvalue weighted by Crippen LogP contribution is 2.33. The van der Waals surface area contributed by atoms with Gasteiger partial charge in [0.2, 0.25) is 0 Å². The molecule has 0 saturated carbocycles. The maximum atomic E-state index is 13.2. The van der Waals surface area contributed by atoms with Gasteiger partial charge in [-0.2, -0.15) is 5.10 Å². The van der Waals surface area contributed by atoms with E-state index in [9.17, 15) is 9.59 Å². The van der Waals surface area contributed by atoms with Gasteiger partial charge in [0.05, 0.1) is 18.5 Å². The first-order chi connectivity index (χ1) is 14.0. The minimum Gasteiger partial charge on any atom is -0.464 e. The Morgan fingerprint density at radius 2 is 2.21 bits per heavy atom. The Morgan fingerprint density at radius 3 is 3.03 bits per heavy atom. The second-order valence-electron chi connectivity index (χ2n) is 7.12. The Bertz CT molecular complexity index is 1120. The highest BCUT2D eigenvalue weighted by Gasteiger charge is 2.44. The number of methoxy groups -OCH3 is 1. The second-order valence-corrected chi connectivity index (χ2v) is 7.12. The van der Waals surface area contributed by atoms with Gasteiger partial charge in [-0.25, -0.2) is 14.6 Å². The zero-order chi connectivity index (χ0) is 20.1. The van der Waals surface area contributed by atoms with E-state index in [4.69, 9.17) is 4.74 Å². The Kier molecular flexibility index (Phi) is 3.95. The van der Waals surface area contributed by atoms with E-state index in [1.54, 1.807) is 11.0 Å². The molecule has 29 heavy (non-hydrogen) atoms. The Morgan fingerprint density at radius 1 is 1.34 bits per heavy atom. The van der Waals surface area contributed by atoms with Gasteiger partial charge in [-0.15, -0.1) is 0 Å². The predicted molar refractivity (Wildman–Crippen MR) is 105 cm³/mol. The number of nitrogens with zero attached hydrogens (tertiary/aromatic N) is 5. The number of aromatic nitrogens is 3. The van der Waals surface area contributed by atoms with Crippen molar-refractivity contribution in [2.45, 2.75) is 19.1 Å². The van der Waals surface area contributed by atoms with Gasteiger partial charge < -0.3 is 4.74 Å². The summed E-state index contributed by atoms with van der Waals surface area (Å²) in [6.45, 7) is 3.25. The molecule has 3 atom stereocenters. The minimum atomic E-state index is -0.554. The smallest absolute Gasteiger partial charge is 0.356 e. The lowest BCUT2D eigenvalue weighted by molar-refractivity contribution is -0.132. The number of anilines is 1. The molecule has 2 N–H and O–H groups in total. The fourth-order valence-electron chi connectivity index (χ4n) is 3.94. The summed E-state index contributed by atoms with van der Waals surface area (Å²) >= 11 is 0. The number of ether oxygens (including phenoxy) is 1. The number of aromatic amines is 1. The fraction of sp³-hybridized carbons (Fsp3) is 0.316. The maximum Gasteiger partial charge on any atom is 0.356 e. The molecule has 5 rings (SSSR count). The van der Waals surface area contributed by atoms with Gasteiger partial charge >= 0.3 is 12.0 Å². The lowest BCUT2D eigenvalue weighted by Gasteiger charge is -2.43. The van der Waals surface area contributed by atoms with E-state index in [0.717, 1.165) is 23.3 Å². The van der Waals surface area contributed by atoms with Gasteiger partial charge in [0, 0.05) is 24.5 Å². The van der Waals surface area contributed by atoms with Crippen LogP contribution in [0.3, 0.4) is 0 Å². The number of pyridine rings is 1. The summed E-state index contributed by atoms with van der Waals surface area (Å²) in [5.41, 5.74) is 2.50. The first-order valence-electron chi connectivity index (χ1n) is 9.24. The van der Waals surface area contributed by atoms with Gasteiger partial charge in [-0.1, -0.05) is 6.08 Å². The van der Waals surface area contributed by atoms with Crippen LogP contribution in [-0.2, 0) is 9.53 Å². The number of rotatable bonds is 2. The topological polar surface area (TPSA) is 116 Å². The lowest BCUT2D eigenvalue weighted by Crippen LogP contribution is -2.58. The van der Waals surface area contributed by atoms with Gasteiger partial charge in [-0.05, 0) is 31.2 Å². The Balaban J connectivity index is 1.47. The summed E-state index contributed by atoms with van der Waals surface area (Å²) in [6, 6.07) is 3.26. The normalized spacial score (nSPS) is 24.8. The minimum absolute atomic E-state index is 0.114. The number of hydrogen-bond acceptors (Lipinski definition) is 7. The van der Waals surface area contributed by atoms with Crippen LogP contribution in [0.1, 0.15) is 5.69 Å². The van der Waals surface area contributed by atoms with E-state index in [-0.39, 0.29) is 17.8 Å². The van der Waals surface area contributed by atoms with E-state index in [1.807, 2.05) is 31.2 Å². The van der Waals surface area contributed by atoms with Crippen molar-refractivity contribution in [1.82, 2.24) is 25.0 Å². The van der Waals surface area contributed by atoms with Crippen LogP contribution in [0.4, 0.5) is 10.6 Å². The van der Waals surface area contributed by atoms with Crippen molar-refractivity contribution >= 4 is 34.6 Å². The van der Waals surface area contributed by atoms with Crippen LogP contribution in [0.5, 0.6) is 0 Å². The monoisotopic (exact) mass is 393 g/mol. The number of fused-ring (bicyclic) bond motifs is 5. The summed E-state index contributed by atoms with van der Waals surface area (Å²) in [6.07, 6.45) is 5.01. The van der Waals surface area contributed by atoms with E-state index >= 15 is 0 Å². The molecule has 1 fully saturated rings. The third kappa shape index (κ3) is 2.80. The number of urea groups is 1. The van der Waals surface area contributed by atoms with Crippen LogP contribution < -0.4 is 5.32 Å². The molecule has 2 amide bonds. The Hall–Kier alpha value is -3.53. The van der Waals surface area contributed by atoms with Crippen LogP contribution >= 0.6 is 0 Å². The molecule has 1 saturated heterocycles. The number of carbonyl (C=O) groups is 2. The SMILES string of the molecule is COC(=O)C1=NC2C(C=C1)N1CC=C(C1)N2C(=O)Nc1n[nH]c2nc(C)ccc12. The van der Waals surface area contributed by atoms with Crippen molar-refractivity contribution in [1.29, 1.82) is 0 Å². The van der Waals surface area contributed by atoms with E-state index in [1.165, 1.54) is 7.11 Å². The molecule has 2 aromatic rings. The first kappa shape index (κ1) is 17.6. The third-order valence-electron chi connectivity index (χ3n) is 5.35. The fourth-order valence-corrected chi connectivity index (χ4v) is 3.94. The third-order valence-corrected chi connectivity index (χ3v) is 5.35. The number of dihydropyridines is 1. The number of H-pyrrole nitrogens is 1. The quantitative estimate of drug-likeness (QED) is 0.741. The summed E-state index contributed by atoms with van der Waals surface area (Å²) in [4.78, 5) is 37.9. The number of esters is 1. The molecule has 10 heteroatoms. The largest absolute Gasteiger partial charge is 0.464 e. The number of nitrogens with one attached hydrogen (secondary N) is 2. The molecule has 148 valence electrons. The average Bonchev–Trinajstić information content (AvgIpc) is 3.32. The predicted octanol–water partition coefficient (Wildman–Crippen LogP) is 1.19. The molecule has 3 unspecified atom stereocenters.